The summed E-state index contributed by atoms with van der Waals surface area (Å²) in [6.45, 7) is 2.01. The third-order valence-electron chi connectivity index (χ3n) is 3.34. The van der Waals surface area contributed by atoms with E-state index in [-0.39, 0.29) is 0 Å². The van der Waals surface area contributed by atoms with E-state index in [2.05, 4.69) is 15.1 Å². The molecule has 0 aliphatic rings. The predicted molar refractivity (Wildman–Crippen MR) is 86.1 cm³/mol. The lowest BCUT2D eigenvalue weighted by molar-refractivity contribution is 0.319. The smallest absolute Gasteiger partial charge is 0.135 e. The Balaban J connectivity index is 2.02. The minimum absolute atomic E-state index is 0.442. The molecule has 0 aliphatic carbocycles. The van der Waals surface area contributed by atoms with Gasteiger partial charge < -0.3 is 5.21 Å². The first kappa shape index (κ1) is 13.9. The van der Waals surface area contributed by atoms with E-state index in [1.54, 1.807) is 6.20 Å². The molecule has 3 aromatic rings. The molecule has 0 saturated heterocycles. The number of hydrogen-bond donors (Lipinski definition) is 1. The zero-order valence-corrected chi connectivity index (χ0v) is 12.1. The van der Waals surface area contributed by atoms with E-state index in [1.165, 1.54) is 0 Å². The van der Waals surface area contributed by atoms with Crippen LogP contribution in [0.5, 0.6) is 0 Å². The maximum absolute atomic E-state index is 9.40. The summed E-state index contributed by atoms with van der Waals surface area (Å²) in [6, 6.07) is 19.0. The van der Waals surface area contributed by atoms with Crippen LogP contribution in [0.4, 0.5) is 0 Å². The highest BCUT2D eigenvalue weighted by Gasteiger charge is 2.11. The van der Waals surface area contributed by atoms with Gasteiger partial charge in [0.05, 0.1) is 17.1 Å². The number of oxime groups is 1. The molecule has 2 heterocycles. The molecule has 0 saturated carbocycles. The maximum Gasteiger partial charge on any atom is 0.135 e. The number of hydrogen-bond acceptors (Lipinski definition) is 4. The molecule has 4 heteroatoms. The van der Waals surface area contributed by atoms with Gasteiger partial charge in [0.25, 0.3) is 0 Å². The standard InChI is InChI=1S/C18H15N3O/c1-13-8-10-14(11-9-13)18(21-22)17-7-4-6-16(20-17)15-5-2-3-12-19-15/h2-12,22H,1H3/b21-18-. The molecule has 4 nitrogen and oxygen atoms in total. The Bertz CT molecular complexity index is 796. The lowest BCUT2D eigenvalue weighted by atomic mass is 10.0. The highest BCUT2D eigenvalue weighted by Crippen LogP contribution is 2.16. The van der Waals surface area contributed by atoms with Crippen molar-refractivity contribution in [2.45, 2.75) is 6.92 Å². The highest BCUT2D eigenvalue weighted by molar-refractivity contribution is 6.11. The van der Waals surface area contributed by atoms with Gasteiger partial charge in [0, 0.05) is 11.8 Å². The normalized spacial score (nSPS) is 11.4. The van der Waals surface area contributed by atoms with Crippen LogP contribution in [0.15, 0.2) is 72.0 Å². The van der Waals surface area contributed by atoms with E-state index in [0.29, 0.717) is 11.4 Å². The molecule has 0 bridgehead atoms. The summed E-state index contributed by atoms with van der Waals surface area (Å²) in [5.74, 6) is 0. The van der Waals surface area contributed by atoms with Gasteiger partial charge >= 0.3 is 0 Å². The van der Waals surface area contributed by atoms with Gasteiger partial charge in [-0.15, -0.1) is 0 Å². The van der Waals surface area contributed by atoms with E-state index in [9.17, 15) is 5.21 Å². The molecular formula is C18H15N3O. The van der Waals surface area contributed by atoms with Gasteiger partial charge in [0.1, 0.15) is 5.71 Å². The monoisotopic (exact) mass is 289 g/mol. The zero-order chi connectivity index (χ0) is 15.4. The van der Waals surface area contributed by atoms with Crippen molar-refractivity contribution in [2.24, 2.45) is 5.16 Å². The molecule has 0 radical (unpaired) electrons. The summed E-state index contributed by atoms with van der Waals surface area (Å²) < 4.78 is 0. The molecule has 22 heavy (non-hydrogen) atoms. The number of nitrogens with zero attached hydrogens (tertiary/aromatic N) is 3. The first-order chi connectivity index (χ1) is 10.8. The summed E-state index contributed by atoms with van der Waals surface area (Å²) in [7, 11) is 0. The highest BCUT2D eigenvalue weighted by atomic mass is 16.4. The van der Waals surface area contributed by atoms with Gasteiger partial charge in [-0.2, -0.15) is 0 Å². The maximum atomic E-state index is 9.40. The lowest BCUT2D eigenvalue weighted by Crippen LogP contribution is -2.06. The van der Waals surface area contributed by atoms with E-state index in [0.717, 1.165) is 22.5 Å². The number of aryl methyl sites for hydroxylation is 1. The molecule has 0 fully saturated rings. The molecule has 1 N–H and O–H groups in total. The molecule has 0 aliphatic heterocycles. The summed E-state index contributed by atoms with van der Waals surface area (Å²) in [5.41, 5.74) is 4.54. The average Bonchev–Trinajstić information content (AvgIpc) is 2.58. The fraction of sp³-hybridized carbons (Fsp3) is 0.0556. The summed E-state index contributed by atoms with van der Waals surface area (Å²) in [6.07, 6.45) is 1.73. The zero-order valence-electron chi connectivity index (χ0n) is 12.1. The van der Waals surface area contributed by atoms with Crippen LogP contribution in [0, 0.1) is 6.92 Å². The summed E-state index contributed by atoms with van der Waals surface area (Å²) >= 11 is 0. The fourth-order valence-electron chi connectivity index (χ4n) is 2.19. The van der Waals surface area contributed by atoms with Crippen LogP contribution in [0.2, 0.25) is 0 Å². The number of rotatable bonds is 3. The Morgan fingerprint density at radius 1 is 0.909 bits per heavy atom. The van der Waals surface area contributed by atoms with E-state index in [1.807, 2.05) is 67.6 Å². The first-order valence-electron chi connectivity index (χ1n) is 6.96. The van der Waals surface area contributed by atoms with Crippen LogP contribution in [0.3, 0.4) is 0 Å². The molecule has 108 valence electrons. The van der Waals surface area contributed by atoms with Gasteiger partial charge in [-0.05, 0) is 31.2 Å². The molecule has 0 spiro atoms. The summed E-state index contributed by atoms with van der Waals surface area (Å²) in [4.78, 5) is 8.85. The molecule has 0 atom stereocenters. The van der Waals surface area contributed by atoms with Gasteiger partial charge in [0.15, 0.2) is 0 Å². The van der Waals surface area contributed by atoms with Gasteiger partial charge in [-0.1, -0.05) is 47.1 Å². The second kappa shape index (κ2) is 6.18. The van der Waals surface area contributed by atoms with E-state index >= 15 is 0 Å². The van der Waals surface area contributed by atoms with Gasteiger partial charge in [0.2, 0.25) is 0 Å². The van der Waals surface area contributed by atoms with Crippen LogP contribution >= 0.6 is 0 Å². The van der Waals surface area contributed by atoms with Crippen LogP contribution < -0.4 is 0 Å². The Kier molecular flexibility index (Phi) is 3.92. The molecule has 3 rings (SSSR count). The number of benzene rings is 1. The van der Waals surface area contributed by atoms with E-state index in [4.69, 9.17) is 0 Å². The van der Waals surface area contributed by atoms with Crippen LogP contribution in [-0.4, -0.2) is 20.9 Å². The molecule has 0 unspecified atom stereocenters. The second-order valence-corrected chi connectivity index (χ2v) is 4.94. The van der Waals surface area contributed by atoms with Crippen LogP contribution in [0.25, 0.3) is 11.4 Å². The molecular weight excluding hydrogens is 274 g/mol. The minimum atomic E-state index is 0.442. The third kappa shape index (κ3) is 2.86. The first-order valence-corrected chi connectivity index (χ1v) is 6.96. The Morgan fingerprint density at radius 2 is 1.68 bits per heavy atom. The Morgan fingerprint density at radius 3 is 2.36 bits per heavy atom. The quantitative estimate of drug-likeness (QED) is 0.454. The number of pyridine rings is 2. The Labute approximate surface area is 128 Å². The second-order valence-electron chi connectivity index (χ2n) is 4.94. The molecule has 1 aromatic carbocycles. The predicted octanol–water partition coefficient (Wildman–Crippen LogP) is 3.68. The third-order valence-corrected chi connectivity index (χ3v) is 3.34. The fourth-order valence-corrected chi connectivity index (χ4v) is 2.19. The largest absolute Gasteiger partial charge is 0.410 e. The van der Waals surface area contributed by atoms with E-state index < -0.39 is 0 Å². The van der Waals surface area contributed by atoms with Gasteiger partial charge in [-0.25, -0.2) is 4.98 Å². The van der Waals surface area contributed by atoms with Crippen molar-refractivity contribution in [1.82, 2.24) is 9.97 Å². The minimum Gasteiger partial charge on any atom is -0.410 e. The van der Waals surface area contributed by atoms with Crippen LogP contribution in [-0.2, 0) is 0 Å². The SMILES string of the molecule is Cc1ccc(/C(=N/O)c2cccc(-c3ccccn3)n2)cc1. The molecule has 0 amide bonds. The topological polar surface area (TPSA) is 58.4 Å². The Hall–Kier alpha value is -3.01. The van der Waals surface area contributed by atoms with Crippen molar-refractivity contribution in [1.29, 1.82) is 0 Å². The van der Waals surface area contributed by atoms with Crippen molar-refractivity contribution < 1.29 is 5.21 Å². The van der Waals surface area contributed by atoms with Gasteiger partial charge in [-0.3, -0.25) is 4.98 Å². The van der Waals surface area contributed by atoms with Crippen molar-refractivity contribution in [2.75, 3.05) is 0 Å². The van der Waals surface area contributed by atoms with Crippen LogP contribution in [0.1, 0.15) is 16.8 Å². The lowest BCUT2D eigenvalue weighted by Gasteiger charge is -2.07. The molecule has 2 aromatic heterocycles. The van der Waals surface area contributed by atoms with Crippen molar-refractivity contribution in [3.63, 3.8) is 0 Å². The summed E-state index contributed by atoms with van der Waals surface area (Å²) in [5, 5.41) is 12.8. The van der Waals surface area contributed by atoms with Crippen molar-refractivity contribution in [3.8, 4) is 11.4 Å². The number of aromatic nitrogens is 2. The average molecular weight is 289 g/mol. The van der Waals surface area contributed by atoms with Crippen molar-refractivity contribution >= 4 is 5.71 Å². The van der Waals surface area contributed by atoms with Crippen molar-refractivity contribution in [3.05, 3.63) is 83.7 Å².